The first-order valence-corrected chi connectivity index (χ1v) is 4.08. The molecule has 2 nitrogen and oxygen atoms in total. The van der Waals surface area contributed by atoms with Gasteiger partial charge in [-0.05, 0) is 13.0 Å². The van der Waals surface area contributed by atoms with Gasteiger partial charge in [0.25, 0.3) is 5.92 Å². The zero-order valence-electron chi connectivity index (χ0n) is 7.61. The van der Waals surface area contributed by atoms with Crippen molar-refractivity contribution in [2.24, 2.45) is 0 Å². The van der Waals surface area contributed by atoms with Crippen molar-refractivity contribution in [3.8, 4) is 0 Å². The highest BCUT2D eigenvalue weighted by atomic mass is 35.5. The molecule has 1 atom stereocenters. The van der Waals surface area contributed by atoms with E-state index in [1.165, 1.54) is 0 Å². The molecule has 8 heteroatoms. The summed E-state index contributed by atoms with van der Waals surface area (Å²) >= 11 is 0. The highest BCUT2D eigenvalue weighted by Crippen LogP contribution is 2.27. The first kappa shape index (κ1) is 14.9. The first-order valence-electron chi connectivity index (χ1n) is 4.08. The van der Waals surface area contributed by atoms with Gasteiger partial charge in [-0.1, -0.05) is 0 Å². The van der Waals surface area contributed by atoms with Crippen LogP contribution >= 0.6 is 12.4 Å². The van der Waals surface area contributed by atoms with E-state index in [2.05, 4.69) is 10.1 Å². The first-order chi connectivity index (χ1) is 6.31. The van der Waals surface area contributed by atoms with Crippen molar-refractivity contribution in [1.29, 1.82) is 0 Å². The molecule has 0 amide bonds. The summed E-state index contributed by atoms with van der Waals surface area (Å²) in [7, 11) is 0. The van der Waals surface area contributed by atoms with Crippen LogP contribution in [0.15, 0.2) is 0 Å². The molecule has 0 aromatic heterocycles. The van der Waals surface area contributed by atoms with Crippen molar-refractivity contribution < 1.29 is 26.7 Å². The maximum atomic E-state index is 12.9. The molecule has 15 heavy (non-hydrogen) atoms. The molecule has 0 radical (unpaired) electrons. The zero-order chi connectivity index (χ0) is 10.8. The number of halogens is 6. The van der Waals surface area contributed by atoms with Crippen molar-refractivity contribution in [2.45, 2.75) is 24.6 Å². The van der Waals surface area contributed by atoms with Crippen LogP contribution in [0.3, 0.4) is 0 Å². The fourth-order valence-corrected chi connectivity index (χ4v) is 1.21. The molecule has 0 aromatic carbocycles. The summed E-state index contributed by atoms with van der Waals surface area (Å²) in [5, 5.41) is 2.39. The Labute approximate surface area is 89.6 Å². The van der Waals surface area contributed by atoms with Crippen LogP contribution in [0, 0.1) is 0 Å². The van der Waals surface area contributed by atoms with Crippen molar-refractivity contribution in [3.63, 3.8) is 0 Å². The smallest absolute Gasteiger partial charge is 0.362 e. The van der Waals surface area contributed by atoms with Crippen molar-refractivity contribution in [3.05, 3.63) is 0 Å². The standard InChI is InChI=1S/C7H10F5NO.ClH/c8-6(9)3-13-2-1-5(6)14-4-7(10,11)12;/h5,13H,1-4H2;1H. The van der Waals surface area contributed by atoms with Gasteiger partial charge >= 0.3 is 6.18 Å². The van der Waals surface area contributed by atoms with Gasteiger partial charge in [0.05, 0.1) is 6.54 Å². The summed E-state index contributed by atoms with van der Waals surface area (Å²) < 4.78 is 65.0. The topological polar surface area (TPSA) is 21.3 Å². The van der Waals surface area contributed by atoms with E-state index in [0.717, 1.165) is 0 Å². The second kappa shape index (κ2) is 5.27. The van der Waals surface area contributed by atoms with Crippen LogP contribution in [0.4, 0.5) is 22.0 Å². The lowest BCUT2D eigenvalue weighted by molar-refractivity contribution is -0.221. The predicted octanol–water partition coefficient (Wildman–Crippen LogP) is 1.98. The molecule has 1 aliphatic heterocycles. The highest BCUT2D eigenvalue weighted by molar-refractivity contribution is 5.85. The van der Waals surface area contributed by atoms with E-state index in [4.69, 9.17) is 0 Å². The van der Waals surface area contributed by atoms with Gasteiger partial charge < -0.3 is 10.1 Å². The maximum Gasteiger partial charge on any atom is 0.411 e. The molecule has 0 spiro atoms. The van der Waals surface area contributed by atoms with Crippen molar-refractivity contribution >= 4 is 12.4 Å². The van der Waals surface area contributed by atoms with E-state index in [0.29, 0.717) is 0 Å². The number of piperidine rings is 1. The van der Waals surface area contributed by atoms with Gasteiger partial charge in [-0.2, -0.15) is 13.2 Å². The molecule has 92 valence electrons. The van der Waals surface area contributed by atoms with Crippen LogP contribution in [0.1, 0.15) is 6.42 Å². The van der Waals surface area contributed by atoms with E-state index >= 15 is 0 Å². The van der Waals surface area contributed by atoms with Crippen LogP contribution in [-0.4, -0.2) is 37.9 Å². The molecular formula is C7H11ClF5NO. The van der Waals surface area contributed by atoms with E-state index in [-0.39, 0.29) is 25.4 Å². The zero-order valence-corrected chi connectivity index (χ0v) is 8.43. The minimum absolute atomic E-state index is 0. The van der Waals surface area contributed by atoms with Crippen molar-refractivity contribution in [1.82, 2.24) is 5.32 Å². The third-order valence-electron chi connectivity index (χ3n) is 1.86. The van der Waals surface area contributed by atoms with Gasteiger partial charge in [0.15, 0.2) is 0 Å². The third kappa shape index (κ3) is 4.94. The number of alkyl halides is 5. The Kier molecular flexibility index (Phi) is 5.22. The summed E-state index contributed by atoms with van der Waals surface area (Å²) in [5.74, 6) is -3.22. The van der Waals surface area contributed by atoms with Crippen LogP contribution in [-0.2, 0) is 4.74 Å². The van der Waals surface area contributed by atoms with E-state index in [1.54, 1.807) is 0 Å². The fourth-order valence-electron chi connectivity index (χ4n) is 1.21. The number of nitrogens with one attached hydrogen (secondary N) is 1. The van der Waals surface area contributed by atoms with Gasteiger partial charge in [-0.25, -0.2) is 8.78 Å². The summed E-state index contributed by atoms with van der Waals surface area (Å²) in [6, 6.07) is 0. The van der Waals surface area contributed by atoms with Gasteiger partial charge in [-0.15, -0.1) is 12.4 Å². The van der Waals surface area contributed by atoms with Gasteiger partial charge in [-0.3, -0.25) is 0 Å². The molecule has 1 heterocycles. The van der Waals surface area contributed by atoms with E-state index in [1.807, 2.05) is 0 Å². The molecule has 0 aliphatic carbocycles. The van der Waals surface area contributed by atoms with Crippen molar-refractivity contribution in [2.75, 3.05) is 19.7 Å². The van der Waals surface area contributed by atoms with Crippen LogP contribution < -0.4 is 5.32 Å². The minimum atomic E-state index is -4.55. The lowest BCUT2D eigenvalue weighted by Crippen LogP contribution is -2.51. The molecule has 0 saturated carbocycles. The Morgan fingerprint density at radius 2 is 1.93 bits per heavy atom. The third-order valence-corrected chi connectivity index (χ3v) is 1.86. The Morgan fingerprint density at radius 3 is 2.40 bits per heavy atom. The number of hydrogen-bond donors (Lipinski definition) is 1. The molecule has 1 fully saturated rings. The lowest BCUT2D eigenvalue weighted by Gasteiger charge is -2.31. The normalized spacial score (nSPS) is 25.8. The SMILES string of the molecule is Cl.FC(F)(F)COC1CCNCC1(F)F. The van der Waals surface area contributed by atoms with E-state index in [9.17, 15) is 22.0 Å². The fraction of sp³-hybridized carbons (Fsp3) is 1.00. The lowest BCUT2D eigenvalue weighted by atomic mass is 10.1. The average Bonchev–Trinajstić information content (AvgIpc) is 2.00. The summed E-state index contributed by atoms with van der Waals surface area (Å²) in [6.45, 7) is -2.00. The van der Waals surface area contributed by atoms with Crippen LogP contribution in [0.25, 0.3) is 0 Å². The molecule has 1 aliphatic rings. The van der Waals surface area contributed by atoms with Crippen LogP contribution in [0.5, 0.6) is 0 Å². The molecule has 0 bridgehead atoms. The Balaban J connectivity index is 0.00000196. The van der Waals surface area contributed by atoms with Crippen LogP contribution in [0.2, 0.25) is 0 Å². The number of rotatable bonds is 2. The summed E-state index contributed by atoms with van der Waals surface area (Å²) in [5.41, 5.74) is 0. The Morgan fingerprint density at radius 1 is 1.33 bits per heavy atom. The highest BCUT2D eigenvalue weighted by Gasteiger charge is 2.44. The van der Waals surface area contributed by atoms with Gasteiger partial charge in [0, 0.05) is 0 Å². The predicted molar refractivity (Wildman–Crippen MR) is 45.5 cm³/mol. The molecule has 1 N–H and O–H groups in total. The Bertz CT molecular complexity index is 198. The van der Waals surface area contributed by atoms with Gasteiger partial charge in [0.2, 0.25) is 0 Å². The molecule has 1 rings (SSSR count). The molecule has 1 unspecified atom stereocenters. The maximum absolute atomic E-state index is 12.9. The van der Waals surface area contributed by atoms with Gasteiger partial charge in [0.1, 0.15) is 12.7 Å². The second-order valence-corrected chi connectivity index (χ2v) is 3.14. The molecule has 1 saturated heterocycles. The summed E-state index contributed by atoms with van der Waals surface area (Å²) in [4.78, 5) is 0. The monoisotopic (exact) mass is 255 g/mol. The Hall–Kier alpha value is -0.140. The average molecular weight is 256 g/mol. The second-order valence-electron chi connectivity index (χ2n) is 3.14. The summed E-state index contributed by atoms with van der Waals surface area (Å²) in [6.07, 6.45) is -6.30. The largest absolute Gasteiger partial charge is 0.411 e. The molecule has 0 aromatic rings. The quantitative estimate of drug-likeness (QED) is 0.762. The number of hydrogen-bond acceptors (Lipinski definition) is 2. The molecular weight excluding hydrogens is 245 g/mol. The number of ether oxygens (including phenoxy) is 1. The van der Waals surface area contributed by atoms with E-state index < -0.39 is 31.4 Å². The minimum Gasteiger partial charge on any atom is -0.362 e.